The first kappa shape index (κ1) is 12.1. The molecule has 0 amide bonds. The Hall–Kier alpha value is -1.96. The fourth-order valence-electron chi connectivity index (χ4n) is 1.78. The monoisotopic (exact) mass is 369 g/mol. The van der Waals surface area contributed by atoms with Crippen molar-refractivity contribution in [1.82, 2.24) is 0 Å². The topological polar surface area (TPSA) is 69.4 Å². The van der Waals surface area contributed by atoms with Gasteiger partial charge in [-0.25, -0.2) is 0 Å². The molecule has 96 valence electrons. The van der Waals surface area contributed by atoms with E-state index in [0.717, 1.165) is 7.14 Å². The summed E-state index contributed by atoms with van der Waals surface area (Å²) in [6.45, 7) is 0. The fourth-order valence-corrected chi connectivity index (χ4v) is 6.06. The first-order chi connectivity index (χ1) is 9.16. The summed E-state index contributed by atoms with van der Waals surface area (Å²) in [4.78, 5) is 22.0. The Morgan fingerprint density at radius 2 is 1.84 bits per heavy atom. The van der Waals surface area contributed by atoms with Crippen molar-refractivity contribution in [3.8, 4) is 0 Å². The molecule has 0 atom stereocenters. The van der Waals surface area contributed by atoms with E-state index in [1.54, 1.807) is 6.07 Å². The maximum atomic E-state index is 11.8. The molecule has 1 aliphatic rings. The molecule has 0 aliphatic carbocycles. The van der Waals surface area contributed by atoms with Crippen LogP contribution in [0.4, 0.5) is 5.69 Å². The SMILES string of the molecule is O=C1OI(c2ccccc2)c2ccc([N+](=O)[O-])cc21. The molecule has 1 heterocycles. The molecule has 6 heteroatoms. The van der Waals surface area contributed by atoms with E-state index < -0.39 is 31.1 Å². The van der Waals surface area contributed by atoms with Gasteiger partial charge in [-0.1, -0.05) is 0 Å². The molecule has 0 fully saturated rings. The van der Waals surface area contributed by atoms with Crippen molar-refractivity contribution in [2.45, 2.75) is 0 Å². The van der Waals surface area contributed by atoms with E-state index in [1.807, 2.05) is 30.3 Å². The molecule has 0 saturated carbocycles. The Balaban J connectivity index is 2.08. The number of nitro benzene ring substituents is 1. The minimum absolute atomic E-state index is 0.0820. The van der Waals surface area contributed by atoms with Gasteiger partial charge in [-0.05, 0) is 0 Å². The van der Waals surface area contributed by atoms with Crippen LogP contribution in [0.2, 0.25) is 0 Å². The summed E-state index contributed by atoms with van der Waals surface area (Å²) in [7, 11) is 0. The average Bonchev–Trinajstić information content (AvgIpc) is 2.77. The molecule has 0 bridgehead atoms. The van der Waals surface area contributed by atoms with Crippen LogP contribution in [0.1, 0.15) is 10.4 Å². The molecule has 0 saturated heterocycles. The molecule has 5 nitrogen and oxygen atoms in total. The van der Waals surface area contributed by atoms with E-state index in [9.17, 15) is 14.9 Å². The average molecular weight is 369 g/mol. The van der Waals surface area contributed by atoms with Crippen LogP contribution in [0.25, 0.3) is 0 Å². The number of fused-ring (bicyclic) bond motifs is 1. The fraction of sp³-hybridized carbons (Fsp3) is 0. The van der Waals surface area contributed by atoms with Crippen molar-refractivity contribution in [1.29, 1.82) is 0 Å². The van der Waals surface area contributed by atoms with Crippen molar-refractivity contribution in [2.24, 2.45) is 0 Å². The predicted octanol–water partition coefficient (Wildman–Crippen LogP) is 3.23. The second-order valence-electron chi connectivity index (χ2n) is 3.83. The Labute approximate surface area is 116 Å². The molecule has 2 aromatic rings. The van der Waals surface area contributed by atoms with Gasteiger partial charge < -0.3 is 0 Å². The van der Waals surface area contributed by atoms with Crippen LogP contribution in [0, 0.1) is 17.3 Å². The number of benzene rings is 2. The van der Waals surface area contributed by atoms with Gasteiger partial charge >= 0.3 is 116 Å². The number of hydrogen-bond acceptors (Lipinski definition) is 4. The quantitative estimate of drug-likeness (QED) is 0.463. The van der Waals surface area contributed by atoms with E-state index in [-0.39, 0.29) is 5.69 Å². The van der Waals surface area contributed by atoms with Crippen LogP contribution in [-0.4, -0.2) is 10.9 Å². The number of non-ortho nitro benzene ring substituents is 1. The van der Waals surface area contributed by atoms with Gasteiger partial charge in [0.1, 0.15) is 0 Å². The second kappa shape index (κ2) is 4.61. The first-order valence-corrected chi connectivity index (χ1v) is 8.47. The van der Waals surface area contributed by atoms with E-state index in [0.29, 0.717) is 5.56 Å². The Bertz CT molecular complexity index is 672. The van der Waals surface area contributed by atoms with Crippen molar-refractivity contribution in [3.63, 3.8) is 0 Å². The van der Waals surface area contributed by atoms with Crippen LogP contribution in [0.5, 0.6) is 0 Å². The molecule has 0 radical (unpaired) electrons. The summed E-state index contributed by atoms with van der Waals surface area (Å²) < 4.78 is 7.28. The van der Waals surface area contributed by atoms with Crippen LogP contribution in [0.3, 0.4) is 0 Å². The number of nitro groups is 1. The van der Waals surface area contributed by atoms with E-state index >= 15 is 0 Å². The van der Waals surface area contributed by atoms with Crippen molar-refractivity contribution >= 4 is 31.9 Å². The van der Waals surface area contributed by atoms with Gasteiger partial charge in [0.25, 0.3) is 0 Å². The van der Waals surface area contributed by atoms with E-state index in [1.165, 1.54) is 12.1 Å². The Kier molecular flexibility index (Phi) is 2.94. The van der Waals surface area contributed by atoms with Crippen LogP contribution in [0.15, 0.2) is 48.5 Å². The standard InChI is InChI=1S/C13H8INO4/c16-13-11-8-10(15(17)18)6-7-12(11)14(19-13)9-4-2-1-3-5-9/h1-8H. The Morgan fingerprint density at radius 3 is 2.53 bits per heavy atom. The molecule has 0 aromatic heterocycles. The van der Waals surface area contributed by atoms with Crippen LogP contribution in [-0.2, 0) is 3.07 Å². The van der Waals surface area contributed by atoms with Gasteiger partial charge in [0.2, 0.25) is 0 Å². The predicted molar refractivity (Wildman–Crippen MR) is 76.4 cm³/mol. The van der Waals surface area contributed by atoms with Gasteiger partial charge in [0, 0.05) is 0 Å². The molecular formula is C13H8INO4. The normalized spacial score (nSPS) is 14.9. The third kappa shape index (κ3) is 2.07. The molecule has 1 aliphatic heterocycles. The van der Waals surface area contributed by atoms with Crippen molar-refractivity contribution < 1.29 is 12.8 Å². The van der Waals surface area contributed by atoms with E-state index in [4.69, 9.17) is 3.07 Å². The van der Waals surface area contributed by atoms with Crippen molar-refractivity contribution in [2.75, 3.05) is 0 Å². The first-order valence-electron chi connectivity index (χ1n) is 5.43. The number of halogens is 1. The summed E-state index contributed by atoms with van der Waals surface area (Å²) >= 11 is -2.22. The number of rotatable bonds is 2. The maximum absolute atomic E-state index is 11.8. The third-order valence-electron chi connectivity index (χ3n) is 2.64. The summed E-state index contributed by atoms with van der Waals surface area (Å²) in [5.74, 6) is -0.451. The Morgan fingerprint density at radius 1 is 1.11 bits per heavy atom. The molecule has 0 N–H and O–H groups in total. The zero-order chi connectivity index (χ0) is 13.4. The van der Waals surface area contributed by atoms with Gasteiger partial charge in [-0.3, -0.25) is 0 Å². The molecular weight excluding hydrogens is 361 g/mol. The van der Waals surface area contributed by atoms with Crippen LogP contribution >= 0.6 is 20.2 Å². The number of nitrogens with zero attached hydrogens (tertiary/aromatic N) is 1. The van der Waals surface area contributed by atoms with Gasteiger partial charge in [0.15, 0.2) is 0 Å². The van der Waals surface area contributed by atoms with E-state index in [2.05, 4.69) is 0 Å². The molecule has 19 heavy (non-hydrogen) atoms. The zero-order valence-electron chi connectivity index (χ0n) is 9.58. The molecule has 0 unspecified atom stereocenters. The summed E-state index contributed by atoms with van der Waals surface area (Å²) in [5.41, 5.74) is 0.254. The third-order valence-corrected chi connectivity index (χ3v) is 7.33. The number of hydrogen-bond donors (Lipinski definition) is 0. The molecule has 2 aromatic carbocycles. The van der Waals surface area contributed by atoms with Gasteiger partial charge in [-0.2, -0.15) is 0 Å². The number of carbonyl (C=O) groups excluding carboxylic acids is 1. The summed E-state index contributed by atoms with van der Waals surface area (Å²) in [5, 5.41) is 10.7. The van der Waals surface area contributed by atoms with Crippen molar-refractivity contribution in [3.05, 3.63) is 71.3 Å². The van der Waals surface area contributed by atoms with Gasteiger partial charge in [-0.15, -0.1) is 0 Å². The van der Waals surface area contributed by atoms with Crippen LogP contribution < -0.4 is 0 Å². The molecule has 0 spiro atoms. The minimum atomic E-state index is -2.22. The zero-order valence-corrected chi connectivity index (χ0v) is 11.7. The summed E-state index contributed by atoms with van der Waals surface area (Å²) in [6.07, 6.45) is 0. The molecule has 3 rings (SSSR count). The number of carbonyl (C=O) groups is 1. The second-order valence-corrected chi connectivity index (χ2v) is 8.10. The summed E-state index contributed by atoms with van der Waals surface area (Å²) in [6, 6.07) is 13.9. The van der Waals surface area contributed by atoms with Gasteiger partial charge in [0.05, 0.1) is 0 Å².